The second-order valence-corrected chi connectivity index (χ2v) is 7.97. The number of aliphatic imine (C=N–C) groups is 2. The Morgan fingerprint density at radius 2 is 1.12 bits per heavy atom. The molecule has 2 N–H and O–H groups in total. The van der Waals surface area contributed by atoms with Crippen molar-refractivity contribution in [3.63, 3.8) is 0 Å². The number of phenols is 2. The molecule has 0 heterocycles. The third-order valence-electron chi connectivity index (χ3n) is 3.05. The maximum atomic E-state index is 9.70. The molecule has 0 aliphatic carbocycles. The van der Waals surface area contributed by atoms with Crippen LogP contribution < -0.4 is 0 Å². The van der Waals surface area contributed by atoms with E-state index in [-0.39, 0.29) is 22.2 Å². The molecule has 2 aromatic rings. The number of nitrogens with zero attached hydrogens (tertiary/aromatic N) is 2. The van der Waals surface area contributed by atoms with Crippen molar-refractivity contribution in [3.8, 4) is 11.5 Å². The number of para-hydroxylation sites is 2. The van der Waals surface area contributed by atoms with E-state index in [4.69, 9.17) is 0 Å². The van der Waals surface area contributed by atoms with E-state index < -0.39 is 0 Å². The first-order valence-corrected chi connectivity index (χ1v) is 9.78. The largest absolute Gasteiger partial charge is 0.507 e. The molecular formula is C18H20N2O2S2. The molecule has 0 saturated carbocycles. The minimum atomic E-state index is 0.0392. The van der Waals surface area contributed by atoms with Crippen molar-refractivity contribution in [1.82, 2.24) is 0 Å². The van der Waals surface area contributed by atoms with Crippen LogP contribution in [-0.2, 0) is 0 Å². The van der Waals surface area contributed by atoms with Gasteiger partial charge in [-0.25, -0.2) is 0 Å². The van der Waals surface area contributed by atoms with Gasteiger partial charge in [0.05, 0.1) is 0 Å². The van der Waals surface area contributed by atoms with Gasteiger partial charge < -0.3 is 10.2 Å². The molecule has 0 radical (unpaired) electrons. The number of hydrogen-bond acceptors (Lipinski definition) is 6. The van der Waals surface area contributed by atoms with Crippen molar-refractivity contribution in [3.05, 3.63) is 59.7 Å². The van der Waals surface area contributed by atoms with E-state index in [1.807, 2.05) is 38.1 Å². The molecule has 0 aliphatic rings. The first-order chi connectivity index (χ1) is 11.6. The number of phenolic OH excluding ortho intramolecular Hbond substituents is 2. The lowest BCUT2D eigenvalue weighted by Gasteiger charge is -2.08. The van der Waals surface area contributed by atoms with Gasteiger partial charge in [-0.15, -0.1) is 0 Å². The van der Waals surface area contributed by atoms with E-state index in [9.17, 15) is 10.2 Å². The van der Waals surface area contributed by atoms with Crippen molar-refractivity contribution in [1.29, 1.82) is 0 Å². The second kappa shape index (κ2) is 9.39. The zero-order valence-corrected chi connectivity index (χ0v) is 15.2. The SMILES string of the molecule is CC(N=Cc1ccccc1O)SSC(C)N=Cc1ccccc1O. The molecule has 6 heteroatoms. The summed E-state index contributed by atoms with van der Waals surface area (Å²) in [5.74, 6) is 0.457. The van der Waals surface area contributed by atoms with Gasteiger partial charge in [0.1, 0.15) is 22.2 Å². The monoisotopic (exact) mass is 360 g/mol. The van der Waals surface area contributed by atoms with Gasteiger partial charge >= 0.3 is 0 Å². The molecule has 0 amide bonds. The average Bonchev–Trinajstić information content (AvgIpc) is 2.58. The summed E-state index contributed by atoms with van der Waals surface area (Å²) in [6.45, 7) is 3.99. The molecule has 0 saturated heterocycles. The van der Waals surface area contributed by atoms with Crippen LogP contribution in [0.5, 0.6) is 11.5 Å². The molecule has 0 aromatic heterocycles. The Morgan fingerprint density at radius 1 is 0.750 bits per heavy atom. The Hall–Kier alpha value is -1.92. The predicted molar refractivity (Wildman–Crippen MR) is 106 cm³/mol. The second-order valence-electron chi connectivity index (χ2n) is 5.07. The van der Waals surface area contributed by atoms with Crippen LogP contribution in [0.4, 0.5) is 0 Å². The Kier molecular flexibility index (Phi) is 7.21. The minimum Gasteiger partial charge on any atom is -0.507 e. The number of hydrogen-bond donors (Lipinski definition) is 2. The van der Waals surface area contributed by atoms with Crippen molar-refractivity contribution in [2.45, 2.75) is 24.6 Å². The van der Waals surface area contributed by atoms with E-state index in [1.54, 1.807) is 58.3 Å². The van der Waals surface area contributed by atoms with E-state index >= 15 is 0 Å². The van der Waals surface area contributed by atoms with Crippen LogP contribution in [0.1, 0.15) is 25.0 Å². The first-order valence-electron chi connectivity index (χ1n) is 7.50. The van der Waals surface area contributed by atoms with Gasteiger partial charge in [-0.05, 0) is 38.1 Å². The van der Waals surface area contributed by atoms with Crippen LogP contribution in [0.25, 0.3) is 0 Å². The summed E-state index contributed by atoms with van der Waals surface area (Å²) < 4.78 is 0. The first kappa shape index (κ1) is 18.4. The average molecular weight is 361 g/mol. The zero-order valence-electron chi connectivity index (χ0n) is 13.5. The summed E-state index contributed by atoms with van der Waals surface area (Å²) in [6.07, 6.45) is 3.37. The number of benzene rings is 2. The van der Waals surface area contributed by atoms with Crippen molar-refractivity contribution in [2.75, 3.05) is 0 Å². The molecule has 0 fully saturated rings. The highest BCUT2D eigenvalue weighted by Crippen LogP contribution is 2.32. The van der Waals surface area contributed by atoms with Crippen LogP contribution in [0.3, 0.4) is 0 Å². The summed E-state index contributed by atoms with van der Waals surface area (Å²) in [5, 5.41) is 19.5. The standard InChI is InChI=1S/C18H20N2O2S2/c1-13(19-11-15-7-3-5-9-17(15)21)23-24-14(2)20-12-16-8-4-6-10-18(16)22/h3-14,21-22H,1-2H3. The summed E-state index contributed by atoms with van der Waals surface area (Å²) in [6, 6.07) is 14.2. The number of rotatable bonds is 7. The summed E-state index contributed by atoms with van der Waals surface area (Å²) in [4.78, 5) is 8.85. The Balaban J connectivity index is 1.82. The van der Waals surface area contributed by atoms with Gasteiger partial charge in [0, 0.05) is 23.6 Å². The van der Waals surface area contributed by atoms with Crippen molar-refractivity contribution < 1.29 is 10.2 Å². The van der Waals surface area contributed by atoms with Gasteiger partial charge in [-0.2, -0.15) is 0 Å². The fourth-order valence-electron chi connectivity index (χ4n) is 1.77. The summed E-state index contributed by atoms with van der Waals surface area (Å²) in [7, 11) is 3.22. The van der Waals surface area contributed by atoms with Crippen molar-refractivity contribution in [2.24, 2.45) is 9.98 Å². The molecule has 0 bridgehead atoms. The lowest BCUT2D eigenvalue weighted by molar-refractivity contribution is 0.474. The third-order valence-corrected chi connectivity index (χ3v) is 5.97. The molecule has 126 valence electrons. The Morgan fingerprint density at radius 3 is 1.50 bits per heavy atom. The molecular weight excluding hydrogens is 340 g/mol. The molecule has 2 atom stereocenters. The van der Waals surface area contributed by atoms with Crippen molar-refractivity contribution >= 4 is 34.0 Å². The normalized spacial score (nSPS) is 14.2. The molecule has 2 aromatic carbocycles. The molecule has 2 rings (SSSR count). The van der Waals surface area contributed by atoms with E-state index in [1.165, 1.54) is 0 Å². The molecule has 0 spiro atoms. The van der Waals surface area contributed by atoms with Crippen LogP contribution in [0.2, 0.25) is 0 Å². The smallest absolute Gasteiger partial charge is 0.124 e. The highest BCUT2D eigenvalue weighted by molar-refractivity contribution is 8.77. The molecule has 24 heavy (non-hydrogen) atoms. The highest BCUT2D eigenvalue weighted by Gasteiger charge is 2.05. The van der Waals surface area contributed by atoms with Gasteiger partial charge in [-0.1, -0.05) is 45.9 Å². The maximum absolute atomic E-state index is 9.70. The molecule has 0 aliphatic heterocycles. The zero-order chi connectivity index (χ0) is 17.4. The maximum Gasteiger partial charge on any atom is 0.124 e. The van der Waals surface area contributed by atoms with Crippen LogP contribution in [0, 0.1) is 0 Å². The quantitative estimate of drug-likeness (QED) is 0.554. The van der Waals surface area contributed by atoms with E-state index in [0.29, 0.717) is 11.1 Å². The fraction of sp³-hybridized carbons (Fsp3) is 0.222. The number of aromatic hydroxyl groups is 2. The summed E-state index contributed by atoms with van der Waals surface area (Å²) in [5.41, 5.74) is 1.42. The minimum absolute atomic E-state index is 0.0392. The van der Waals surface area contributed by atoms with Gasteiger partial charge in [0.15, 0.2) is 0 Å². The Labute approximate surface area is 150 Å². The lowest BCUT2D eigenvalue weighted by Crippen LogP contribution is -1.95. The fourth-order valence-corrected chi connectivity index (χ4v) is 3.58. The highest BCUT2D eigenvalue weighted by atomic mass is 33.1. The topological polar surface area (TPSA) is 65.2 Å². The van der Waals surface area contributed by atoms with Gasteiger partial charge in [-0.3, -0.25) is 9.98 Å². The molecule has 2 unspecified atom stereocenters. The van der Waals surface area contributed by atoms with Crippen LogP contribution in [-0.4, -0.2) is 33.4 Å². The third kappa shape index (κ3) is 5.94. The predicted octanol–water partition coefficient (Wildman–Crippen LogP) is 4.71. The van der Waals surface area contributed by atoms with Gasteiger partial charge in [0.25, 0.3) is 0 Å². The van der Waals surface area contributed by atoms with Gasteiger partial charge in [0.2, 0.25) is 0 Å². The Bertz CT molecular complexity index is 658. The summed E-state index contributed by atoms with van der Waals surface area (Å²) >= 11 is 0. The van der Waals surface area contributed by atoms with E-state index in [0.717, 1.165) is 0 Å². The molecule has 4 nitrogen and oxygen atoms in total. The van der Waals surface area contributed by atoms with E-state index in [2.05, 4.69) is 9.98 Å². The lowest BCUT2D eigenvalue weighted by atomic mass is 10.2. The van der Waals surface area contributed by atoms with Crippen LogP contribution in [0.15, 0.2) is 58.5 Å². The van der Waals surface area contributed by atoms with Crippen LogP contribution >= 0.6 is 21.6 Å².